The summed E-state index contributed by atoms with van der Waals surface area (Å²) in [5, 5.41) is 4.18. The maximum absolute atomic E-state index is 6.01. The van der Waals surface area contributed by atoms with Gasteiger partial charge in [-0.3, -0.25) is 9.58 Å². The van der Waals surface area contributed by atoms with Gasteiger partial charge in [-0.15, -0.1) is 11.8 Å². The number of aromatic nitrogens is 4. The highest BCUT2D eigenvalue weighted by Gasteiger charge is 2.21. The molecule has 3 aromatic rings. The van der Waals surface area contributed by atoms with Gasteiger partial charge in [0.25, 0.3) is 0 Å². The van der Waals surface area contributed by atoms with Gasteiger partial charge in [-0.1, -0.05) is 12.1 Å². The van der Waals surface area contributed by atoms with Crippen LogP contribution in [0.1, 0.15) is 18.4 Å². The van der Waals surface area contributed by atoms with Gasteiger partial charge in [0.15, 0.2) is 0 Å². The molecule has 0 bridgehead atoms. The predicted molar refractivity (Wildman–Crippen MR) is 111 cm³/mol. The lowest BCUT2D eigenvalue weighted by atomic mass is 10.1. The van der Waals surface area contributed by atoms with Crippen LogP contribution < -0.4 is 4.74 Å². The van der Waals surface area contributed by atoms with Crippen molar-refractivity contribution in [2.24, 2.45) is 7.05 Å². The summed E-state index contributed by atoms with van der Waals surface area (Å²) in [6.45, 7) is 3.06. The maximum Gasteiger partial charge on any atom is 0.316 e. The summed E-state index contributed by atoms with van der Waals surface area (Å²) in [7, 11) is 1.90. The van der Waals surface area contributed by atoms with Gasteiger partial charge in [0.1, 0.15) is 6.10 Å². The highest BCUT2D eigenvalue weighted by Crippen LogP contribution is 2.21. The zero-order valence-corrected chi connectivity index (χ0v) is 17.1. The molecule has 1 saturated heterocycles. The van der Waals surface area contributed by atoms with Crippen LogP contribution in [0.25, 0.3) is 11.1 Å². The Morgan fingerprint density at radius 1 is 1.04 bits per heavy atom. The predicted octanol–water partition coefficient (Wildman–Crippen LogP) is 3.64. The molecule has 0 spiro atoms. The van der Waals surface area contributed by atoms with Gasteiger partial charge in [0.2, 0.25) is 0 Å². The Bertz CT molecular complexity index is 886. The van der Waals surface area contributed by atoms with E-state index >= 15 is 0 Å². The van der Waals surface area contributed by atoms with Crippen LogP contribution in [0.4, 0.5) is 0 Å². The Kier molecular flexibility index (Phi) is 5.92. The Morgan fingerprint density at radius 2 is 1.75 bits per heavy atom. The first kappa shape index (κ1) is 19.0. The Hall–Kier alpha value is -2.38. The fourth-order valence-corrected chi connectivity index (χ4v) is 3.83. The average Bonchev–Trinajstić information content (AvgIpc) is 3.17. The molecule has 0 unspecified atom stereocenters. The van der Waals surface area contributed by atoms with Crippen LogP contribution in [0, 0.1) is 0 Å². The third-order valence-corrected chi connectivity index (χ3v) is 5.78. The summed E-state index contributed by atoms with van der Waals surface area (Å²) in [6.07, 6.45) is 11.6. The van der Waals surface area contributed by atoms with Crippen molar-refractivity contribution in [1.29, 1.82) is 0 Å². The van der Waals surface area contributed by atoms with Crippen LogP contribution in [0.15, 0.2) is 53.9 Å². The highest BCUT2D eigenvalue weighted by atomic mass is 32.2. The lowest BCUT2D eigenvalue weighted by molar-refractivity contribution is 0.0892. The van der Waals surface area contributed by atoms with Crippen LogP contribution in [-0.2, 0) is 13.6 Å². The van der Waals surface area contributed by atoms with Crippen molar-refractivity contribution < 1.29 is 4.74 Å². The van der Waals surface area contributed by atoms with Crippen molar-refractivity contribution in [2.75, 3.05) is 19.3 Å². The van der Waals surface area contributed by atoms with E-state index in [0.29, 0.717) is 6.01 Å². The number of benzene rings is 1. The zero-order chi connectivity index (χ0) is 19.3. The van der Waals surface area contributed by atoms with Crippen LogP contribution >= 0.6 is 11.8 Å². The quantitative estimate of drug-likeness (QED) is 0.594. The van der Waals surface area contributed by atoms with E-state index in [1.165, 1.54) is 10.5 Å². The molecule has 0 amide bonds. The van der Waals surface area contributed by atoms with Crippen LogP contribution in [0.3, 0.4) is 0 Å². The highest BCUT2D eigenvalue weighted by molar-refractivity contribution is 7.98. The molecular formula is C21H25N5OS. The number of nitrogens with zero attached hydrogens (tertiary/aromatic N) is 5. The van der Waals surface area contributed by atoms with Gasteiger partial charge < -0.3 is 4.74 Å². The van der Waals surface area contributed by atoms with Gasteiger partial charge in [0, 0.05) is 61.3 Å². The van der Waals surface area contributed by atoms with Crippen LogP contribution in [-0.4, -0.2) is 50.1 Å². The molecule has 2 aromatic heterocycles. The van der Waals surface area contributed by atoms with E-state index in [4.69, 9.17) is 4.74 Å². The maximum atomic E-state index is 6.01. The second-order valence-corrected chi connectivity index (χ2v) is 7.98. The molecule has 0 saturated carbocycles. The third-order valence-electron chi connectivity index (χ3n) is 5.04. The van der Waals surface area contributed by atoms with Crippen molar-refractivity contribution in [3.05, 3.63) is 54.6 Å². The van der Waals surface area contributed by atoms with Crippen molar-refractivity contribution in [3.63, 3.8) is 0 Å². The fourth-order valence-electron chi connectivity index (χ4n) is 3.42. The zero-order valence-electron chi connectivity index (χ0n) is 16.3. The number of aryl methyl sites for hydroxylation is 1. The molecule has 6 nitrogen and oxygen atoms in total. The molecule has 146 valence electrons. The average molecular weight is 396 g/mol. The number of ether oxygens (including phenoxy) is 1. The first-order chi connectivity index (χ1) is 13.7. The number of piperidine rings is 1. The standard InChI is InChI=1S/C21H25N5OS/c1-25-15-18(13-24-25)17-11-22-21(23-12-17)27-19-7-9-26(10-8-19)14-16-3-5-20(28-2)6-4-16/h3-6,11-13,15,19H,7-10,14H2,1-2H3. The van der Waals surface area contributed by atoms with Crippen LogP contribution in [0.5, 0.6) is 6.01 Å². The molecule has 4 rings (SSSR count). The number of thioether (sulfide) groups is 1. The van der Waals surface area contributed by atoms with E-state index in [9.17, 15) is 0 Å². The molecule has 3 heterocycles. The van der Waals surface area contributed by atoms with E-state index in [1.807, 2.05) is 19.4 Å². The van der Waals surface area contributed by atoms with E-state index < -0.39 is 0 Å². The molecule has 1 aromatic carbocycles. The van der Waals surface area contributed by atoms with E-state index in [-0.39, 0.29) is 6.10 Å². The normalized spacial score (nSPS) is 15.6. The van der Waals surface area contributed by atoms with Crippen molar-refractivity contribution in [1.82, 2.24) is 24.6 Å². The second kappa shape index (κ2) is 8.75. The first-order valence-electron chi connectivity index (χ1n) is 9.52. The number of hydrogen-bond donors (Lipinski definition) is 0. The van der Waals surface area contributed by atoms with Gasteiger partial charge in [-0.05, 0) is 36.8 Å². The second-order valence-electron chi connectivity index (χ2n) is 7.10. The molecule has 1 aliphatic rings. The summed E-state index contributed by atoms with van der Waals surface area (Å²) in [4.78, 5) is 12.5. The summed E-state index contributed by atoms with van der Waals surface area (Å²) in [5.41, 5.74) is 3.32. The summed E-state index contributed by atoms with van der Waals surface area (Å²) in [6, 6.07) is 9.31. The van der Waals surface area contributed by atoms with Crippen LogP contribution in [0.2, 0.25) is 0 Å². The van der Waals surface area contributed by atoms with E-state index in [2.05, 4.69) is 50.5 Å². The molecule has 1 fully saturated rings. The molecule has 0 N–H and O–H groups in total. The Labute approximate surface area is 170 Å². The first-order valence-corrected chi connectivity index (χ1v) is 10.7. The minimum atomic E-state index is 0.180. The fraction of sp³-hybridized carbons (Fsp3) is 0.381. The largest absolute Gasteiger partial charge is 0.460 e. The SMILES string of the molecule is CSc1ccc(CN2CCC(Oc3ncc(-c4cnn(C)c4)cn3)CC2)cc1. The molecule has 28 heavy (non-hydrogen) atoms. The molecule has 0 atom stereocenters. The minimum absolute atomic E-state index is 0.180. The van der Waals surface area contributed by atoms with Gasteiger partial charge in [0.05, 0.1) is 6.20 Å². The number of likely N-dealkylation sites (tertiary alicyclic amines) is 1. The summed E-state index contributed by atoms with van der Waals surface area (Å²) in [5.74, 6) is 0. The third kappa shape index (κ3) is 4.72. The Balaban J connectivity index is 1.27. The molecule has 0 radical (unpaired) electrons. The van der Waals surface area contributed by atoms with Crippen molar-refractivity contribution in [3.8, 4) is 17.1 Å². The lowest BCUT2D eigenvalue weighted by Crippen LogP contribution is -2.38. The van der Waals surface area contributed by atoms with Gasteiger partial charge >= 0.3 is 6.01 Å². The molecule has 7 heteroatoms. The monoisotopic (exact) mass is 395 g/mol. The lowest BCUT2D eigenvalue weighted by Gasteiger charge is -2.31. The number of rotatable bonds is 6. The van der Waals surface area contributed by atoms with Gasteiger partial charge in [-0.25, -0.2) is 9.97 Å². The topological polar surface area (TPSA) is 56.1 Å². The summed E-state index contributed by atoms with van der Waals surface area (Å²) < 4.78 is 7.78. The molecule has 0 aliphatic carbocycles. The number of hydrogen-bond acceptors (Lipinski definition) is 6. The Morgan fingerprint density at radius 3 is 2.36 bits per heavy atom. The smallest absolute Gasteiger partial charge is 0.316 e. The minimum Gasteiger partial charge on any atom is -0.460 e. The van der Waals surface area contributed by atoms with E-state index in [1.54, 1.807) is 28.8 Å². The van der Waals surface area contributed by atoms with Crippen molar-refractivity contribution >= 4 is 11.8 Å². The molecular weight excluding hydrogens is 370 g/mol. The van der Waals surface area contributed by atoms with Crippen molar-refractivity contribution in [2.45, 2.75) is 30.4 Å². The molecule has 1 aliphatic heterocycles. The van der Waals surface area contributed by atoms with Gasteiger partial charge in [-0.2, -0.15) is 5.10 Å². The summed E-state index contributed by atoms with van der Waals surface area (Å²) >= 11 is 1.78. The van der Waals surface area contributed by atoms with E-state index in [0.717, 1.165) is 43.6 Å².